The van der Waals surface area contributed by atoms with E-state index in [1.54, 1.807) is 13.1 Å². The Hall–Kier alpha value is -0.930. The van der Waals surface area contributed by atoms with Crippen LogP contribution in [0.25, 0.3) is 0 Å². The van der Waals surface area contributed by atoms with E-state index in [-0.39, 0.29) is 17.5 Å². The zero-order valence-corrected chi connectivity index (χ0v) is 11.6. The Morgan fingerprint density at radius 1 is 1.47 bits per heavy atom. The third-order valence-corrected chi connectivity index (χ3v) is 4.18. The maximum Gasteiger partial charge on any atom is 0.242 e. The number of ether oxygens (including phenoxy) is 2. The Kier molecular flexibility index (Phi) is 4.94. The fourth-order valence-electron chi connectivity index (χ4n) is 1.81. The lowest BCUT2D eigenvalue weighted by atomic mass is 10.3. The van der Waals surface area contributed by atoms with Crippen molar-refractivity contribution >= 4 is 10.0 Å². The highest BCUT2D eigenvalue weighted by molar-refractivity contribution is 7.89. The summed E-state index contributed by atoms with van der Waals surface area (Å²) in [6.07, 6.45) is 1.26. The molecule has 1 atom stereocenters. The fourth-order valence-corrected chi connectivity index (χ4v) is 2.89. The van der Waals surface area contributed by atoms with Crippen LogP contribution >= 0.6 is 0 Å². The largest absolute Gasteiger partial charge is 0.376 e. The summed E-state index contributed by atoms with van der Waals surface area (Å²) in [6, 6.07) is 1.61. The molecule has 0 spiro atoms. The van der Waals surface area contributed by atoms with Crippen LogP contribution in [0.2, 0.25) is 0 Å². The van der Waals surface area contributed by atoms with Gasteiger partial charge in [0.15, 0.2) is 0 Å². The van der Waals surface area contributed by atoms with Gasteiger partial charge in [0.25, 0.3) is 0 Å². The average molecular weight is 289 g/mol. The zero-order valence-electron chi connectivity index (χ0n) is 10.8. The second-order valence-corrected chi connectivity index (χ2v) is 6.08. The van der Waals surface area contributed by atoms with E-state index in [4.69, 9.17) is 9.47 Å². The molecule has 7 nitrogen and oxygen atoms in total. The topological polar surface area (TPSA) is 92.5 Å². The average Bonchev–Trinajstić information content (AvgIpc) is 2.88. The van der Waals surface area contributed by atoms with Gasteiger partial charge in [0.1, 0.15) is 0 Å². The zero-order chi connectivity index (χ0) is 13.7. The molecule has 1 aliphatic rings. The van der Waals surface area contributed by atoms with E-state index in [0.717, 1.165) is 5.69 Å². The van der Waals surface area contributed by atoms with Gasteiger partial charge in [0.05, 0.1) is 30.8 Å². The number of hydrogen-bond donors (Lipinski definition) is 3. The molecule has 0 saturated carbocycles. The molecule has 1 aromatic heterocycles. The van der Waals surface area contributed by atoms with Crippen LogP contribution in [0.1, 0.15) is 5.69 Å². The first-order chi connectivity index (χ1) is 9.12. The highest BCUT2D eigenvalue weighted by atomic mass is 32.2. The molecule has 0 radical (unpaired) electrons. The van der Waals surface area contributed by atoms with Crippen LogP contribution in [0.4, 0.5) is 0 Å². The molecule has 2 rings (SSSR count). The van der Waals surface area contributed by atoms with Gasteiger partial charge in [-0.05, 0) is 13.1 Å². The molecule has 1 aromatic rings. The van der Waals surface area contributed by atoms with Crippen molar-refractivity contribution in [3.8, 4) is 0 Å². The number of rotatable bonds is 6. The minimum Gasteiger partial charge on any atom is -0.376 e. The van der Waals surface area contributed by atoms with Crippen molar-refractivity contribution in [2.75, 3.05) is 33.4 Å². The van der Waals surface area contributed by atoms with Crippen molar-refractivity contribution in [1.29, 1.82) is 0 Å². The van der Waals surface area contributed by atoms with Crippen LogP contribution in [0.15, 0.2) is 17.2 Å². The molecule has 0 amide bonds. The van der Waals surface area contributed by atoms with E-state index in [2.05, 4.69) is 15.0 Å². The molecular formula is C11H19N3O4S. The van der Waals surface area contributed by atoms with Crippen LogP contribution in [-0.2, 0) is 26.0 Å². The Morgan fingerprint density at radius 2 is 2.32 bits per heavy atom. The lowest BCUT2D eigenvalue weighted by Crippen LogP contribution is -2.39. The van der Waals surface area contributed by atoms with Crippen LogP contribution < -0.4 is 10.0 Å². The fraction of sp³-hybridized carbons (Fsp3) is 0.636. The molecule has 0 bridgehead atoms. The van der Waals surface area contributed by atoms with Gasteiger partial charge in [-0.2, -0.15) is 0 Å². The Labute approximate surface area is 112 Å². The predicted octanol–water partition coefficient (Wildman–Crippen LogP) is -0.572. The SMILES string of the molecule is CNCc1cc(S(=O)(=O)NCC2COCCO2)c[nH]1. The molecule has 1 saturated heterocycles. The van der Waals surface area contributed by atoms with E-state index < -0.39 is 10.0 Å². The van der Waals surface area contributed by atoms with E-state index in [9.17, 15) is 8.42 Å². The molecule has 0 aliphatic carbocycles. The van der Waals surface area contributed by atoms with Crippen molar-refractivity contribution in [1.82, 2.24) is 15.0 Å². The molecule has 1 fully saturated rings. The van der Waals surface area contributed by atoms with Gasteiger partial charge in [-0.1, -0.05) is 0 Å². The molecule has 3 N–H and O–H groups in total. The number of sulfonamides is 1. The Morgan fingerprint density at radius 3 is 3.00 bits per heavy atom. The monoisotopic (exact) mass is 289 g/mol. The third kappa shape index (κ3) is 4.02. The first-order valence-corrected chi connectivity index (χ1v) is 7.61. The lowest BCUT2D eigenvalue weighted by molar-refractivity contribution is -0.0846. The highest BCUT2D eigenvalue weighted by Gasteiger charge is 2.20. The highest BCUT2D eigenvalue weighted by Crippen LogP contribution is 2.11. The minimum absolute atomic E-state index is 0.217. The molecule has 1 aliphatic heterocycles. The van der Waals surface area contributed by atoms with Gasteiger partial charge < -0.3 is 19.8 Å². The minimum atomic E-state index is -3.50. The number of hydrogen-bond acceptors (Lipinski definition) is 5. The number of nitrogens with one attached hydrogen (secondary N) is 3. The first-order valence-electron chi connectivity index (χ1n) is 6.13. The van der Waals surface area contributed by atoms with Crippen molar-refractivity contribution in [3.63, 3.8) is 0 Å². The van der Waals surface area contributed by atoms with Crippen LogP contribution in [-0.4, -0.2) is 52.9 Å². The number of aromatic amines is 1. The van der Waals surface area contributed by atoms with Gasteiger partial charge in [-0.25, -0.2) is 13.1 Å². The van der Waals surface area contributed by atoms with Gasteiger partial charge >= 0.3 is 0 Å². The van der Waals surface area contributed by atoms with Crippen molar-refractivity contribution in [3.05, 3.63) is 18.0 Å². The van der Waals surface area contributed by atoms with Gasteiger partial charge in [0.2, 0.25) is 10.0 Å². The molecule has 108 valence electrons. The van der Waals surface area contributed by atoms with E-state index in [1.165, 1.54) is 6.20 Å². The molecule has 1 unspecified atom stereocenters. The van der Waals surface area contributed by atoms with Crippen molar-refractivity contribution < 1.29 is 17.9 Å². The molecular weight excluding hydrogens is 270 g/mol. The van der Waals surface area contributed by atoms with E-state index in [1.807, 2.05) is 0 Å². The molecule has 8 heteroatoms. The van der Waals surface area contributed by atoms with Crippen LogP contribution in [0.3, 0.4) is 0 Å². The Balaban J connectivity index is 1.92. The van der Waals surface area contributed by atoms with Gasteiger partial charge in [-0.15, -0.1) is 0 Å². The first kappa shape index (κ1) is 14.5. The van der Waals surface area contributed by atoms with Gasteiger partial charge in [0, 0.05) is 25.0 Å². The predicted molar refractivity (Wildman–Crippen MR) is 69.3 cm³/mol. The van der Waals surface area contributed by atoms with E-state index >= 15 is 0 Å². The summed E-state index contributed by atoms with van der Waals surface area (Å²) < 4.78 is 37.2. The summed E-state index contributed by atoms with van der Waals surface area (Å²) in [4.78, 5) is 3.14. The van der Waals surface area contributed by atoms with Crippen LogP contribution in [0, 0.1) is 0 Å². The van der Waals surface area contributed by atoms with E-state index in [0.29, 0.717) is 26.4 Å². The van der Waals surface area contributed by atoms with Crippen LogP contribution in [0.5, 0.6) is 0 Å². The summed E-state index contributed by atoms with van der Waals surface area (Å²) in [5.41, 5.74) is 0.820. The molecule has 0 aromatic carbocycles. The summed E-state index contributed by atoms with van der Waals surface area (Å²) in [5, 5.41) is 2.95. The quantitative estimate of drug-likeness (QED) is 0.652. The standard InChI is InChI=1S/C11H19N3O4S/c1-12-5-9-4-11(7-13-9)19(15,16)14-6-10-8-17-2-3-18-10/h4,7,10,12-14H,2-3,5-6,8H2,1H3. The lowest BCUT2D eigenvalue weighted by Gasteiger charge is -2.22. The molecule has 2 heterocycles. The van der Waals surface area contributed by atoms with Gasteiger partial charge in [-0.3, -0.25) is 0 Å². The summed E-state index contributed by atoms with van der Waals surface area (Å²) in [5.74, 6) is 0. The maximum absolute atomic E-state index is 12.0. The Bertz CT molecular complexity index is 494. The number of aromatic nitrogens is 1. The third-order valence-electron chi connectivity index (χ3n) is 2.78. The summed E-state index contributed by atoms with van der Waals surface area (Å²) in [6.45, 7) is 2.29. The maximum atomic E-state index is 12.0. The normalized spacial score (nSPS) is 20.6. The van der Waals surface area contributed by atoms with Crippen molar-refractivity contribution in [2.24, 2.45) is 0 Å². The van der Waals surface area contributed by atoms with Crippen molar-refractivity contribution in [2.45, 2.75) is 17.5 Å². The summed E-state index contributed by atoms with van der Waals surface area (Å²) >= 11 is 0. The number of H-pyrrole nitrogens is 1. The second-order valence-electron chi connectivity index (χ2n) is 4.31. The second kappa shape index (κ2) is 6.49. The smallest absolute Gasteiger partial charge is 0.242 e. The molecule has 19 heavy (non-hydrogen) atoms. The summed E-state index contributed by atoms with van der Waals surface area (Å²) in [7, 11) is -1.70.